The van der Waals surface area contributed by atoms with E-state index >= 15 is 0 Å². The molecule has 0 bridgehead atoms. The van der Waals surface area contributed by atoms with Crippen molar-refractivity contribution in [2.45, 2.75) is 6.92 Å². The predicted molar refractivity (Wildman–Crippen MR) is 68.6 cm³/mol. The summed E-state index contributed by atoms with van der Waals surface area (Å²) in [5, 5.41) is 2.01. The highest BCUT2D eigenvalue weighted by Gasteiger charge is 2.13. The van der Waals surface area contributed by atoms with Gasteiger partial charge in [0.25, 0.3) is 0 Å². The Labute approximate surface area is 102 Å². The van der Waals surface area contributed by atoms with Crippen LogP contribution in [0.3, 0.4) is 0 Å². The van der Waals surface area contributed by atoms with Gasteiger partial charge in [0.05, 0.1) is 10.4 Å². The number of aryl methyl sites for hydroxylation is 1. The molecule has 3 heterocycles. The van der Waals surface area contributed by atoms with Crippen molar-refractivity contribution in [3.8, 4) is 10.7 Å². The second-order valence-corrected chi connectivity index (χ2v) is 4.75. The van der Waals surface area contributed by atoms with Crippen LogP contribution in [0.4, 0.5) is 0 Å². The van der Waals surface area contributed by atoms with Crippen LogP contribution in [-0.4, -0.2) is 15.7 Å². The molecule has 4 heteroatoms. The number of aromatic nitrogens is 2. The van der Waals surface area contributed by atoms with Gasteiger partial charge in [-0.3, -0.25) is 9.20 Å². The van der Waals surface area contributed by atoms with Crippen LogP contribution < -0.4 is 0 Å². The first kappa shape index (κ1) is 10.2. The first-order valence-corrected chi connectivity index (χ1v) is 6.16. The third-order valence-electron chi connectivity index (χ3n) is 2.74. The van der Waals surface area contributed by atoms with E-state index < -0.39 is 0 Å². The van der Waals surface area contributed by atoms with Gasteiger partial charge in [0, 0.05) is 5.69 Å². The van der Waals surface area contributed by atoms with Crippen LogP contribution in [0.25, 0.3) is 16.2 Å². The summed E-state index contributed by atoms with van der Waals surface area (Å²) < 4.78 is 2.02. The van der Waals surface area contributed by atoms with Crippen LogP contribution >= 0.6 is 11.3 Å². The molecule has 0 saturated heterocycles. The first-order valence-electron chi connectivity index (χ1n) is 5.28. The van der Waals surface area contributed by atoms with Crippen LogP contribution in [0, 0.1) is 6.92 Å². The first-order chi connectivity index (χ1) is 8.31. The van der Waals surface area contributed by atoms with Crippen molar-refractivity contribution in [1.82, 2.24) is 9.38 Å². The minimum atomic E-state index is 0.497. The van der Waals surface area contributed by atoms with E-state index in [2.05, 4.69) is 4.98 Å². The van der Waals surface area contributed by atoms with Gasteiger partial charge in [-0.05, 0) is 30.5 Å². The predicted octanol–water partition coefficient (Wildman–Crippen LogP) is 3.18. The Morgan fingerprint density at radius 3 is 2.88 bits per heavy atom. The summed E-state index contributed by atoms with van der Waals surface area (Å²) in [5.41, 5.74) is 2.44. The highest BCUT2D eigenvalue weighted by molar-refractivity contribution is 7.13. The van der Waals surface area contributed by atoms with Gasteiger partial charge in [-0.25, -0.2) is 4.98 Å². The van der Waals surface area contributed by atoms with E-state index in [-0.39, 0.29) is 0 Å². The molecule has 0 fully saturated rings. The number of hydrogen-bond donors (Lipinski definition) is 0. The topological polar surface area (TPSA) is 34.4 Å². The molecule has 0 radical (unpaired) electrons. The van der Waals surface area contributed by atoms with Crippen LogP contribution in [0.15, 0.2) is 35.7 Å². The van der Waals surface area contributed by atoms with Crippen molar-refractivity contribution in [3.63, 3.8) is 0 Å². The Morgan fingerprint density at radius 2 is 2.18 bits per heavy atom. The van der Waals surface area contributed by atoms with Crippen LogP contribution in [0.5, 0.6) is 0 Å². The van der Waals surface area contributed by atoms with Crippen molar-refractivity contribution in [2.75, 3.05) is 0 Å². The highest BCUT2D eigenvalue weighted by atomic mass is 32.1. The smallest absolute Gasteiger partial charge is 0.170 e. The SMILES string of the molecule is Cc1cccc2c(C=O)nc(-c3cccs3)n12. The van der Waals surface area contributed by atoms with Gasteiger partial charge >= 0.3 is 0 Å². The van der Waals surface area contributed by atoms with Crippen molar-refractivity contribution >= 4 is 23.1 Å². The fourth-order valence-corrected chi connectivity index (χ4v) is 2.68. The van der Waals surface area contributed by atoms with Gasteiger partial charge in [-0.2, -0.15) is 0 Å². The summed E-state index contributed by atoms with van der Waals surface area (Å²) in [6, 6.07) is 9.87. The zero-order chi connectivity index (χ0) is 11.8. The van der Waals surface area contributed by atoms with Gasteiger partial charge < -0.3 is 0 Å². The number of pyridine rings is 1. The fraction of sp³-hybridized carbons (Fsp3) is 0.0769. The van der Waals surface area contributed by atoms with E-state index in [0.717, 1.165) is 28.2 Å². The molecule has 0 saturated carbocycles. The van der Waals surface area contributed by atoms with E-state index in [1.54, 1.807) is 11.3 Å². The molecule has 17 heavy (non-hydrogen) atoms. The zero-order valence-corrected chi connectivity index (χ0v) is 10.1. The van der Waals surface area contributed by atoms with Crippen LogP contribution in [0.2, 0.25) is 0 Å². The quantitative estimate of drug-likeness (QED) is 0.647. The number of carbonyl (C=O) groups excluding carboxylic acids is 1. The lowest BCUT2D eigenvalue weighted by Crippen LogP contribution is -1.92. The Morgan fingerprint density at radius 1 is 1.29 bits per heavy atom. The molecule has 84 valence electrons. The van der Waals surface area contributed by atoms with Crippen molar-refractivity contribution in [3.05, 3.63) is 47.1 Å². The maximum absolute atomic E-state index is 11.0. The fourth-order valence-electron chi connectivity index (χ4n) is 1.98. The standard InChI is InChI=1S/C13H10N2OS/c1-9-4-2-5-11-10(8-16)14-13(15(9)11)12-6-3-7-17-12/h2-8H,1H3. The third kappa shape index (κ3) is 1.49. The van der Waals surface area contributed by atoms with E-state index in [9.17, 15) is 4.79 Å². The van der Waals surface area contributed by atoms with Crippen LogP contribution in [0.1, 0.15) is 16.2 Å². The Bertz CT molecular complexity index is 683. The Hall–Kier alpha value is -1.94. The van der Waals surface area contributed by atoms with Gasteiger partial charge in [0.15, 0.2) is 12.1 Å². The van der Waals surface area contributed by atoms with Gasteiger partial charge in [0.2, 0.25) is 0 Å². The van der Waals surface area contributed by atoms with Crippen LogP contribution in [-0.2, 0) is 0 Å². The lowest BCUT2D eigenvalue weighted by atomic mass is 10.3. The highest BCUT2D eigenvalue weighted by Crippen LogP contribution is 2.27. The number of rotatable bonds is 2. The largest absolute Gasteiger partial charge is 0.296 e. The lowest BCUT2D eigenvalue weighted by Gasteiger charge is -2.02. The minimum absolute atomic E-state index is 0.497. The molecule has 0 N–H and O–H groups in total. The third-order valence-corrected chi connectivity index (χ3v) is 3.60. The van der Waals surface area contributed by atoms with Crippen molar-refractivity contribution < 1.29 is 4.79 Å². The van der Waals surface area contributed by atoms with E-state index in [1.165, 1.54) is 0 Å². The summed E-state index contributed by atoms with van der Waals surface area (Å²) in [6.07, 6.45) is 0.811. The number of imidazole rings is 1. The molecule has 0 aliphatic heterocycles. The summed E-state index contributed by atoms with van der Waals surface area (Å²) in [4.78, 5) is 16.5. The van der Waals surface area contributed by atoms with Gasteiger partial charge in [-0.15, -0.1) is 11.3 Å². The summed E-state index contributed by atoms with van der Waals surface area (Å²) in [6.45, 7) is 2.01. The number of hydrogen-bond acceptors (Lipinski definition) is 3. The van der Waals surface area contributed by atoms with E-state index in [0.29, 0.717) is 5.69 Å². The Kier molecular flexibility index (Phi) is 2.30. The zero-order valence-electron chi connectivity index (χ0n) is 9.25. The maximum atomic E-state index is 11.0. The molecule has 3 nitrogen and oxygen atoms in total. The van der Waals surface area contributed by atoms with E-state index in [1.807, 2.05) is 47.0 Å². The van der Waals surface area contributed by atoms with E-state index in [4.69, 9.17) is 0 Å². The lowest BCUT2D eigenvalue weighted by molar-refractivity contribution is 0.112. The van der Waals surface area contributed by atoms with Crippen molar-refractivity contribution in [1.29, 1.82) is 0 Å². The molecule has 0 spiro atoms. The Balaban J connectivity index is 2.43. The summed E-state index contributed by atoms with van der Waals surface area (Å²) in [7, 11) is 0. The molecule has 0 atom stereocenters. The molecule has 3 aromatic heterocycles. The molecule has 0 amide bonds. The van der Waals surface area contributed by atoms with Gasteiger partial charge in [-0.1, -0.05) is 12.1 Å². The normalized spacial score (nSPS) is 10.9. The molecular weight excluding hydrogens is 232 g/mol. The number of carbonyl (C=O) groups is 1. The summed E-state index contributed by atoms with van der Waals surface area (Å²) >= 11 is 1.62. The second kappa shape index (κ2) is 3.82. The average Bonchev–Trinajstić information content (AvgIpc) is 2.95. The minimum Gasteiger partial charge on any atom is -0.296 e. The molecule has 0 aromatic carbocycles. The summed E-state index contributed by atoms with van der Waals surface area (Å²) in [5.74, 6) is 0.843. The number of nitrogens with zero attached hydrogens (tertiary/aromatic N) is 2. The number of fused-ring (bicyclic) bond motifs is 1. The monoisotopic (exact) mass is 242 g/mol. The molecule has 0 unspecified atom stereocenters. The second-order valence-electron chi connectivity index (χ2n) is 3.80. The maximum Gasteiger partial charge on any atom is 0.170 e. The molecular formula is C13H10N2OS. The molecule has 3 rings (SSSR count). The molecule has 3 aromatic rings. The molecule has 0 aliphatic carbocycles. The molecule has 0 aliphatic rings. The number of thiophene rings is 1. The average molecular weight is 242 g/mol. The van der Waals surface area contributed by atoms with Crippen molar-refractivity contribution in [2.24, 2.45) is 0 Å². The van der Waals surface area contributed by atoms with Gasteiger partial charge in [0.1, 0.15) is 5.69 Å². The number of aldehydes is 1.